The second-order valence-electron chi connectivity index (χ2n) is 4.66. The summed E-state index contributed by atoms with van der Waals surface area (Å²) >= 11 is 0. The van der Waals surface area contributed by atoms with Crippen LogP contribution in [0.15, 0.2) is 24.3 Å². The lowest BCUT2D eigenvalue weighted by molar-refractivity contribution is 0.395. The van der Waals surface area contributed by atoms with E-state index < -0.39 is 0 Å². The molecule has 0 spiro atoms. The van der Waals surface area contributed by atoms with Crippen LogP contribution in [0.3, 0.4) is 0 Å². The maximum Gasteiger partial charge on any atom is 0.206 e. The largest absolute Gasteiger partial charge is 0.342 e. The number of para-hydroxylation sites is 2. The van der Waals surface area contributed by atoms with Gasteiger partial charge in [0, 0.05) is 20.1 Å². The number of anilines is 1. The van der Waals surface area contributed by atoms with Gasteiger partial charge in [0.2, 0.25) is 5.95 Å². The van der Waals surface area contributed by atoms with Crippen molar-refractivity contribution >= 4 is 17.0 Å². The Labute approximate surface area is 95.7 Å². The van der Waals surface area contributed by atoms with Crippen molar-refractivity contribution in [3.63, 3.8) is 0 Å². The molecule has 0 bridgehead atoms. The molecule has 0 saturated heterocycles. The molecule has 3 nitrogen and oxygen atoms in total. The number of imidazole rings is 1. The van der Waals surface area contributed by atoms with Crippen LogP contribution in [0.1, 0.15) is 19.3 Å². The highest BCUT2D eigenvalue weighted by Crippen LogP contribution is 2.29. The van der Waals surface area contributed by atoms with Crippen LogP contribution in [-0.4, -0.2) is 22.6 Å². The van der Waals surface area contributed by atoms with E-state index in [2.05, 4.69) is 41.8 Å². The highest BCUT2D eigenvalue weighted by molar-refractivity contribution is 5.78. The molecule has 0 atom stereocenters. The molecule has 0 unspecified atom stereocenters. The molecule has 16 heavy (non-hydrogen) atoms. The van der Waals surface area contributed by atoms with Crippen LogP contribution in [0.2, 0.25) is 0 Å². The predicted molar refractivity (Wildman–Crippen MR) is 66.8 cm³/mol. The van der Waals surface area contributed by atoms with Crippen molar-refractivity contribution in [3.8, 4) is 0 Å². The highest BCUT2D eigenvalue weighted by atomic mass is 15.3. The standard InChI is InChI=1S/C13H17N3/c1-15(10-6-5-7-10)13-14-11-8-3-4-9-12(11)16(13)2/h3-4,8-10H,5-7H2,1-2H3. The molecule has 3 heteroatoms. The Morgan fingerprint density at radius 2 is 2.06 bits per heavy atom. The van der Waals surface area contributed by atoms with Crippen LogP contribution in [0.25, 0.3) is 11.0 Å². The predicted octanol–water partition coefficient (Wildman–Crippen LogP) is 2.56. The zero-order valence-corrected chi connectivity index (χ0v) is 9.85. The van der Waals surface area contributed by atoms with Gasteiger partial charge >= 0.3 is 0 Å². The summed E-state index contributed by atoms with van der Waals surface area (Å²) in [6.45, 7) is 0. The molecule has 1 heterocycles. The molecule has 1 aromatic heterocycles. The van der Waals surface area contributed by atoms with E-state index in [0.717, 1.165) is 11.5 Å². The number of hydrogen-bond donors (Lipinski definition) is 0. The van der Waals surface area contributed by atoms with Crippen LogP contribution < -0.4 is 4.90 Å². The summed E-state index contributed by atoms with van der Waals surface area (Å²) in [4.78, 5) is 7.03. The molecule has 0 aliphatic heterocycles. The fraction of sp³-hybridized carbons (Fsp3) is 0.462. The van der Waals surface area contributed by atoms with Crippen molar-refractivity contribution < 1.29 is 0 Å². The summed E-state index contributed by atoms with van der Waals surface area (Å²) < 4.78 is 2.19. The van der Waals surface area contributed by atoms with E-state index in [1.807, 2.05) is 6.07 Å². The molecular weight excluding hydrogens is 198 g/mol. The average Bonchev–Trinajstić information content (AvgIpc) is 2.54. The van der Waals surface area contributed by atoms with Crippen molar-refractivity contribution in [1.82, 2.24) is 9.55 Å². The van der Waals surface area contributed by atoms with Crippen molar-refractivity contribution in [2.45, 2.75) is 25.3 Å². The molecule has 1 aliphatic rings. The molecular formula is C13H17N3. The van der Waals surface area contributed by atoms with E-state index in [1.54, 1.807) is 0 Å². The second-order valence-corrected chi connectivity index (χ2v) is 4.66. The number of aromatic nitrogens is 2. The lowest BCUT2D eigenvalue weighted by Crippen LogP contribution is -2.38. The fourth-order valence-corrected chi connectivity index (χ4v) is 2.39. The third kappa shape index (κ3) is 1.31. The van der Waals surface area contributed by atoms with Crippen molar-refractivity contribution in [1.29, 1.82) is 0 Å². The molecule has 0 N–H and O–H groups in total. The summed E-state index contributed by atoms with van der Waals surface area (Å²) in [5, 5.41) is 0. The summed E-state index contributed by atoms with van der Waals surface area (Å²) in [7, 11) is 4.25. The van der Waals surface area contributed by atoms with Crippen molar-refractivity contribution in [2.75, 3.05) is 11.9 Å². The van der Waals surface area contributed by atoms with Gasteiger partial charge in [-0.2, -0.15) is 0 Å². The SMILES string of the molecule is CN(c1nc2ccccc2n1C)C1CCC1. The van der Waals surface area contributed by atoms with Crippen molar-refractivity contribution in [2.24, 2.45) is 7.05 Å². The monoisotopic (exact) mass is 215 g/mol. The summed E-state index contributed by atoms with van der Waals surface area (Å²) in [5.74, 6) is 1.09. The molecule has 84 valence electrons. The van der Waals surface area contributed by atoms with Crippen LogP contribution in [0, 0.1) is 0 Å². The first-order chi connectivity index (χ1) is 7.77. The van der Waals surface area contributed by atoms with Gasteiger partial charge in [0.05, 0.1) is 11.0 Å². The van der Waals surface area contributed by atoms with Gasteiger partial charge in [0.15, 0.2) is 0 Å². The van der Waals surface area contributed by atoms with E-state index in [-0.39, 0.29) is 0 Å². The van der Waals surface area contributed by atoms with Gasteiger partial charge in [-0.3, -0.25) is 0 Å². The number of benzene rings is 1. The Morgan fingerprint density at radius 1 is 1.31 bits per heavy atom. The third-order valence-electron chi connectivity index (χ3n) is 3.70. The molecule has 0 amide bonds. The first kappa shape index (κ1) is 9.70. The first-order valence-electron chi connectivity index (χ1n) is 5.91. The molecule has 0 radical (unpaired) electrons. The van der Waals surface area contributed by atoms with Gasteiger partial charge in [0.1, 0.15) is 0 Å². The normalized spacial score (nSPS) is 16.4. The Morgan fingerprint density at radius 3 is 2.69 bits per heavy atom. The minimum absolute atomic E-state index is 0.690. The molecule has 1 aromatic carbocycles. The van der Waals surface area contributed by atoms with Crippen LogP contribution in [0.4, 0.5) is 5.95 Å². The summed E-state index contributed by atoms with van der Waals surface area (Å²) in [6, 6.07) is 9.00. The number of rotatable bonds is 2. The Hall–Kier alpha value is -1.51. The van der Waals surface area contributed by atoms with Gasteiger partial charge in [-0.25, -0.2) is 4.98 Å². The average molecular weight is 215 g/mol. The van der Waals surface area contributed by atoms with E-state index in [0.29, 0.717) is 6.04 Å². The lowest BCUT2D eigenvalue weighted by Gasteiger charge is -2.35. The minimum Gasteiger partial charge on any atom is -0.342 e. The molecule has 3 rings (SSSR count). The van der Waals surface area contributed by atoms with Crippen LogP contribution >= 0.6 is 0 Å². The van der Waals surface area contributed by atoms with Gasteiger partial charge in [0.25, 0.3) is 0 Å². The third-order valence-corrected chi connectivity index (χ3v) is 3.70. The van der Waals surface area contributed by atoms with Crippen molar-refractivity contribution in [3.05, 3.63) is 24.3 Å². The minimum atomic E-state index is 0.690. The van der Waals surface area contributed by atoms with Gasteiger partial charge in [-0.1, -0.05) is 12.1 Å². The Balaban J connectivity index is 2.05. The number of fused-ring (bicyclic) bond motifs is 1. The van der Waals surface area contributed by atoms with Gasteiger partial charge < -0.3 is 9.47 Å². The maximum atomic E-state index is 4.70. The maximum absolute atomic E-state index is 4.70. The molecule has 1 saturated carbocycles. The smallest absolute Gasteiger partial charge is 0.206 e. The van der Waals surface area contributed by atoms with E-state index in [9.17, 15) is 0 Å². The van der Waals surface area contributed by atoms with Gasteiger partial charge in [-0.05, 0) is 31.4 Å². The summed E-state index contributed by atoms with van der Waals surface area (Å²) in [6.07, 6.45) is 3.97. The van der Waals surface area contributed by atoms with Crippen LogP contribution in [-0.2, 0) is 7.05 Å². The zero-order chi connectivity index (χ0) is 11.1. The molecule has 2 aromatic rings. The Bertz CT molecular complexity index is 511. The quantitative estimate of drug-likeness (QED) is 0.767. The highest BCUT2D eigenvalue weighted by Gasteiger charge is 2.25. The van der Waals surface area contributed by atoms with Gasteiger partial charge in [-0.15, -0.1) is 0 Å². The van der Waals surface area contributed by atoms with E-state index in [1.165, 1.54) is 24.8 Å². The van der Waals surface area contributed by atoms with E-state index in [4.69, 9.17) is 4.98 Å². The fourth-order valence-electron chi connectivity index (χ4n) is 2.39. The molecule has 1 aliphatic carbocycles. The molecule has 1 fully saturated rings. The van der Waals surface area contributed by atoms with E-state index >= 15 is 0 Å². The number of aryl methyl sites for hydroxylation is 1. The Kier molecular flexibility index (Phi) is 2.13. The topological polar surface area (TPSA) is 21.1 Å². The number of hydrogen-bond acceptors (Lipinski definition) is 2. The summed E-state index contributed by atoms with van der Waals surface area (Å²) in [5.41, 5.74) is 2.30. The van der Waals surface area contributed by atoms with Crippen LogP contribution in [0.5, 0.6) is 0 Å². The number of nitrogens with zero attached hydrogens (tertiary/aromatic N) is 3. The second kappa shape index (κ2) is 3.51. The zero-order valence-electron chi connectivity index (χ0n) is 9.85. The lowest BCUT2D eigenvalue weighted by atomic mass is 9.92. The first-order valence-corrected chi connectivity index (χ1v) is 5.91.